The van der Waals surface area contributed by atoms with E-state index in [0.717, 1.165) is 11.3 Å². The number of rotatable bonds is 7. The van der Waals surface area contributed by atoms with E-state index in [4.69, 9.17) is 11.0 Å². The van der Waals surface area contributed by atoms with Gasteiger partial charge in [-0.1, -0.05) is 12.1 Å². The fourth-order valence-corrected chi connectivity index (χ4v) is 2.17. The molecule has 0 aliphatic heterocycles. The summed E-state index contributed by atoms with van der Waals surface area (Å²) < 4.78 is 0. The average molecular weight is 306 g/mol. The molecule has 0 aliphatic carbocycles. The zero-order valence-electron chi connectivity index (χ0n) is 11.8. The molecule has 0 fully saturated rings. The van der Waals surface area contributed by atoms with Gasteiger partial charge in [-0.05, 0) is 36.1 Å². The number of nitrogens with one attached hydrogen (secondary N) is 2. The normalized spacial score (nSPS) is 11.2. The van der Waals surface area contributed by atoms with E-state index in [0.29, 0.717) is 18.5 Å². The molecule has 0 saturated carbocycles. The van der Waals surface area contributed by atoms with Crippen LogP contribution in [0, 0.1) is 11.3 Å². The third kappa shape index (κ3) is 6.19. The maximum absolute atomic E-state index is 12.1. The number of amides is 3. The number of benzene rings is 1. The minimum absolute atomic E-state index is 0.309. The van der Waals surface area contributed by atoms with Crippen LogP contribution in [0.2, 0.25) is 0 Å². The Morgan fingerprint density at radius 1 is 1.38 bits per heavy atom. The van der Waals surface area contributed by atoms with Gasteiger partial charge in [0.1, 0.15) is 6.04 Å². The highest BCUT2D eigenvalue weighted by Crippen LogP contribution is 2.11. The summed E-state index contributed by atoms with van der Waals surface area (Å²) in [5.74, 6) is 0.426. The zero-order valence-corrected chi connectivity index (χ0v) is 12.6. The summed E-state index contributed by atoms with van der Waals surface area (Å²) in [6, 6.07) is 7.67. The van der Waals surface area contributed by atoms with Crippen LogP contribution in [0.5, 0.6) is 0 Å². The molecule has 1 atom stereocenters. The number of carbonyl (C=O) groups excluding carboxylic acids is 2. The summed E-state index contributed by atoms with van der Waals surface area (Å²) in [4.78, 5) is 23.1. The van der Waals surface area contributed by atoms with Gasteiger partial charge in [-0.25, -0.2) is 4.79 Å². The van der Waals surface area contributed by atoms with E-state index in [1.165, 1.54) is 0 Å². The predicted octanol–water partition coefficient (Wildman–Crippen LogP) is 1.48. The van der Waals surface area contributed by atoms with Crippen molar-refractivity contribution < 1.29 is 9.59 Å². The molecule has 0 aliphatic rings. The number of hydrogen-bond acceptors (Lipinski definition) is 4. The smallest absolute Gasteiger partial charge is 0.312 e. The van der Waals surface area contributed by atoms with Crippen molar-refractivity contribution in [1.29, 1.82) is 5.26 Å². The highest BCUT2D eigenvalue weighted by atomic mass is 32.2. The molecule has 0 unspecified atom stereocenters. The lowest BCUT2D eigenvalue weighted by Crippen LogP contribution is -2.46. The van der Waals surface area contributed by atoms with Gasteiger partial charge in [0.15, 0.2) is 0 Å². The Hall–Kier alpha value is -2.20. The van der Waals surface area contributed by atoms with Gasteiger partial charge in [0.25, 0.3) is 0 Å². The van der Waals surface area contributed by atoms with E-state index in [2.05, 4.69) is 16.7 Å². The van der Waals surface area contributed by atoms with Crippen molar-refractivity contribution in [3.05, 3.63) is 29.8 Å². The van der Waals surface area contributed by atoms with Crippen LogP contribution < -0.4 is 16.4 Å². The van der Waals surface area contributed by atoms with Crippen LogP contribution in [0.1, 0.15) is 12.0 Å². The van der Waals surface area contributed by atoms with Crippen LogP contribution in [-0.2, 0) is 11.2 Å². The molecule has 7 heteroatoms. The molecule has 112 valence electrons. The highest BCUT2D eigenvalue weighted by Gasteiger charge is 2.19. The Kier molecular flexibility index (Phi) is 7.12. The van der Waals surface area contributed by atoms with Crippen LogP contribution in [0.3, 0.4) is 0 Å². The summed E-state index contributed by atoms with van der Waals surface area (Å²) in [7, 11) is 0. The summed E-state index contributed by atoms with van der Waals surface area (Å²) in [6.07, 6.45) is 2.75. The number of primary amides is 1. The molecule has 0 spiro atoms. The molecule has 1 aromatic carbocycles. The Labute approximate surface area is 128 Å². The molecular formula is C14H18N4O2S. The molecule has 0 bridgehead atoms. The second-order valence-electron chi connectivity index (χ2n) is 4.36. The molecule has 1 aromatic rings. The lowest BCUT2D eigenvalue weighted by Gasteiger charge is -2.17. The first-order chi connectivity index (χ1) is 10.1. The van der Waals surface area contributed by atoms with Crippen molar-refractivity contribution in [3.63, 3.8) is 0 Å². The van der Waals surface area contributed by atoms with Gasteiger partial charge < -0.3 is 16.4 Å². The van der Waals surface area contributed by atoms with Crippen molar-refractivity contribution in [1.82, 2.24) is 5.32 Å². The van der Waals surface area contributed by atoms with E-state index in [-0.39, 0.29) is 5.91 Å². The standard InChI is InChI=1S/C14H18N4O2S/c1-21-9-7-12(18-14(16)20)13(19)17-11-4-2-10(3-5-11)6-8-15/h2-5,12H,6-7,9H2,1H3,(H,17,19)(H3,16,18,20)/t12-/m0/s1. The van der Waals surface area contributed by atoms with Gasteiger partial charge >= 0.3 is 6.03 Å². The van der Waals surface area contributed by atoms with Gasteiger partial charge in [-0.15, -0.1) is 0 Å². The molecule has 0 heterocycles. The van der Waals surface area contributed by atoms with E-state index in [1.807, 2.05) is 6.26 Å². The largest absolute Gasteiger partial charge is 0.352 e. The first-order valence-corrected chi connectivity index (χ1v) is 7.78. The third-order valence-corrected chi connectivity index (χ3v) is 3.39. The van der Waals surface area contributed by atoms with E-state index >= 15 is 0 Å². The quantitative estimate of drug-likeness (QED) is 0.709. The fraction of sp³-hybridized carbons (Fsp3) is 0.357. The number of thioether (sulfide) groups is 1. The number of nitriles is 1. The van der Waals surface area contributed by atoms with Crippen molar-refractivity contribution in [3.8, 4) is 6.07 Å². The molecule has 3 amide bonds. The Morgan fingerprint density at radius 2 is 2.05 bits per heavy atom. The molecule has 0 radical (unpaired) electrons. The molecule has 1 rings (SSSR count). The van der Waals surface area contributed by atoms with E-state index in [9.17, 15) is 9.59 Å². The van der Waals surface area contributed by atoms with Crippen LogP contribution in [-0.4, -0.2) is 30.0 Å². The first-order valence-electron chi connectivity index (χ1n) is 6.38. The van der Waals surface area contributed by atoms with Crippen LogP contribution in [0.25, 0.3) is 0 Å². The molecular weight excluding hydrogens is 288 g/mol. The minimum Gasteiger partial charge on any atom is -0.352 e. The topological polar surface area (TPSA) is 108 Å². The van der Waals surface area contributed by atoms with Gasteiger partial charge in [0.05, 0.1) is 12.5 Å². The minimum atomic E-state index is -0.722. The van der Waals surface area contributed by atoms with Crippen LogP contribution in [0.15, 0.2) is 24.3 Å². The van der Waals surface area contributed by atoms with Gasteiger partial charge in [0, 0.05) is 5.69 Å². The maximum Gasteiger partial charge on any atom is 0.312 e. The zero-order chi connectivity index (χ0) is 15.7. The van der Waals surface area contributed by atoms with Gasteiger partial charge in [0.2, 0.25) is 5.91 Å². The Balaban J connectivity index is 2.66. The number of nitrogens with two attached hydrogens (primary N) is 1. The van der Waals surface area contributed by atoms with Crippen molar-refractivity contribution in [2.75, 3.05) is 17.3 Å². The lowest BCUT2D eigenvalue weighted by molar-refractivity contribution is -0.117. The maximum atomic E-state index is 12.1. The second kappa shape index (κ2) is 8.87. The van der Waals surface area contributed by atoms with Gasteiger partial charge in [-0.2, -0.15) is 17.0 Å². The molecule has 0 saturated heterocycles. The lowest BCUT2D eigenvalue weighted by atomic mass is 10.1. The number of nitrogens with zero attached hydrogens (tertiary/aromatic N) is 1. The monoisotopic (exact) mass is 306 g/mol. The molecule has 21 heavy (non-hydrogen) atoms. The van der Waals surface area contributed by atoms with Crippen molar-refractivity contribution in [2.24, 2.45) is 5.73 Å². The Morgan fingerprint density at radius 3 is 2.57 bits per heavy atom. The number of hydrogen-bond donors (Lipinski definition) is 3. The summed E-state index contributed by atoms with van der Waals surface area (Å²) in [5.41, 5.74) is 6.57. The fourth-order valence-electron chi connectivity index (χ4n) is 1.70. The van der Waals surface area contributed by atoms with Crippen molar-refractivity contribution in [2.45, 2.75) is 18.9 Å². The van der Waals surface area contributed by atoms with E-state index in [1.54, 1.807) is 36.0 Å². The summed E-state index contributed by atoms with van der Waals surface area (Å²) >= 11 is 1.59. The number of anilines is 1. The SMILES string of the molecule is CSCC[C@H](NC(N)=O)C(=O)Nc1ccc(CC#N)cc1. The summed E-state index contributed by atoms with van der Waals surface area (Å²) in [6.45, 7) is 0. The highest BCUT2D eigenvalue weighted by molar-refractivity contribution is 7.98. The second-order valence-corrected chi connectivity index (χ2v) is 5.35. The van der Waals surface area contributed by atoms with Crippen LogP contribution in [0.4, 0.5) is 10.5 Å². The third-order valence-electron chi connectivity index (χ3n) is 2.75. The molecule has 6 nitrogen and oxygen atoms in total. The number of urea groups is 1. The molecule has 0 aromatic heterocycles. The van der Waals surface area contributed by atoms with Crippen molar-refractivity contribution >= 4 is 29.4 Å². The molecule has 4 N–H and O–H groups in total. The Bertz CT molecular complexity index is 525. The predicted molar refractivity (Wildman–Crippen MR) is 83.9 cm³/mol. The van der Waals surface area contributed by atoms with E-state index < -0.39 is 12.1 Å². The van der Waals surface area contributed by atoms with Gasteiger partial charge in [-0.3, -0.25) is 4.79 Å². The number of carbonyl (C=O) groups is 2. The first kappa shape index (κ1) is 16.9. The van der Waals surface area contributed by atoms with Crippen LogP contribution >= 0.6 is 11.8 Å². The summed E-state index contributed by atoms with van der Waals surface area (Å²) in [5, 5.41) is 13.8. The average Bonchev–Trinajstić information content (AvgIpc) is 2.45.